The molecule has 0 aromatic heterocycles. The van der Waals surface area contributed by atoms with Crippen LogP contribution in [0.5, 0.6) is 11.5 Å². The molecule has 0 atom stereocenters. The lowest BCUT2D eigenvalue weighted by Gasteiger charge is -2.17. The SMILES string of the molecule is C=CCc1cc(/C=C(/C#N)c2ccccc2F)cc(OCC)c1OCc1ccc(Br)cc1. The summed E-state index contributed by atoms with van der Waals surface area (Å²) < 4.78 is 27.2. The van der Waals surface area contributed by atoms with Crippen LogP contribution in [0.1, 0.15) is 29.2 Å². The predicted molar refractivity (Wildman–Crippen MR) is 130 cm³/mol. The Morgan fingerprint density at radius 1 is 1.12 bits per heavy atom. The molecular formula is C27H23BrFNO2. The summed E-state index contributed by atoms with van der Waals surface area (Å²) in [5.74, 6) is 0.767. The highest BCUT2D eigenvalue weighted by Gasteiger charge is 2.15. The van der Waals surface area contributed by atoms with Crippen molar-refractivity contribution in [2.45, 2.75) is 20.0 Å². The van der Waals surface area contributed by atoms with Gasteiger partial charge in [0.25, 0.3) is 0 Å². The Hall–Kier alpha value is -3.36. The molecule has 0 aliphatic carbocycles. The Balaban J connectivity index is 2.01. The maximum Gasteiger partial charge on any atom is 0.165 e. The van der Waals surface area contributed by atoms with E-state index in [9.17, 15) is 9.65 Å². The maximum absolute atomic E-state index is 14.2. The number of nitrogens with zero attached hydrogens (tertiary/aromatic N) is 1. The van der Waals surface area contributed by atoms with E-state index in [1.54, 1.807) is 30.4 Å². The third-order valence-corrected chi connectivity index (χ3v) is 5.24. The van der Waals surface area contributed by atoms with Gasteiger partial charge in [-0.2, -0.15) is 5.26 Å². The number of benzene rings is 3. The predicted octanol–water partition coefficient (Wildman–Crippen LogP) is 7.36. The van der Waals surface area contributed by atoms with Gasteiger partial charge in [0.2, 0.25) is 0 Å². The molecule has 3 nitrogen and oxygen atoms in total. The Labute approximate surface area is 196 Å². The lowest BCUT2D eigenvalue weighted by molar-refractivity contribution is 0.267. The zero-order valence-electron chi connectivity index (χ0n) is 17.8. The van der Waals surface area contributed by atoms with Crippen LogP contribution in [-0.2, 0) is 13.0 Å². The van der Waals surface area contributed by atoms with Gasteiger partial charge in [-0.15, -0.1) is 6.58 Å². The van der Waals surface area contributed by atoms with Crippen LogP contribution in [-0.4, -0.2) is 6.61 Å². The first-order valence-corrected chi connectivity index (χ1v) is 11.0. The molecule has 0 aliphatic heterocycles. The molecule has 3 aromatic rings. The smallest absolute Gasteiger partial charge is 0.165 e. The minimum Gasteiger partial charge on any atom is -0.490 e. The van der Waals surface area contributed by atoms with E-state index in [4.69, 9.17) is 9.47 Å². The van der Waals surface area contributed by atoms with Crippen LogP contribution in [0.2, 0.25) is 0 Å². The van der Waals surface area contributed by atoms with Gasteiger partial charge in [-0.1, -0.05) is 52.3 Å². The van der Waals surface area contributed by atoms with Gasteiger partial charge in [0, 0.05) is 15.6 Å². The Kier molecular flexibility index (Phi) is 8.24. The van der Waals surface area contributed by atoms with Gasteiger partial charge in [0.15, 0.2) is 11.5 Å². The number of allylic oxidation sites excluding steroid dienone is 2. The summed E-state index contributed by atoms with van der Waals surface area (Å²) in [6.45, 7) is 6.58. The molecule has 5 heteroatoms. The molecule has 0 saturated heterocycles. The van der Waals surface area contributed by atoms with Gasteiger partial charge in [-0.3, -0.25) is 0 Å². The average Bonchev–Trinajstić information content (AvgIpc) is 2.79. The number of rotatable bonds is 9. The summed E-state index contributed by atoms with van der Waals surface area (Å²) in [7, 11) is 0. The fraction of sp³-hybridized carbons (Fsp3) is 0.148. The van der Waals surface area contributed by atoms with E-state index in [1.807, 2.05) is 43.3 Å². The van der Waals surface area contributed by atoms with E-state index in [0.29, 0.717) is 31.1 Å². The Morgan fingerprint density at radius 3 is 2.53 bits per heavy atom. The van der Waals surface area contributed by atoms with Crippen molar-refractivity contribution in [3.8, 4) is 17.6 Å². The van der Waals surface area contributed by atoms with E-state index in [1.165, 1.54) is 6.07 Å². The molecule has 0 aliphatic rings. The standard InChI is InChI=1S/C27H23BrFNO2/c1-3-7-21-14-20(15-22(17-30)24-8-5-6-9-25(24)29)16-26(31-4-2)27(21)32-18-19-10-12-23(28)13-11-19/h3,5-6,8-16H,1,4,7,18H2,2H3/b22-15-. The molecule has 0 radical (unpaired) electrons. The quantitative estimate of drug-likeness (QED) is 0.178. The van der Waals surface area contributed by atoms with Crippen LogP contribution < -0.4 is 9.47 Å². The monoisotopic (exact) mass is 491 g/mol. The topological polar surface area (TPSA) is 42.2 Å². The average molecular weight is 492 g/mol. The molecule has 0 bridgehead atoms. The summed E-state index contributed by atoms with van der Waals surface area (Å²) in [4.78, 5) is 0. The first-order chi connectivity index (χ1) is 15.5. The van der Waals surface area contributed by atoms with Crippen LogP contribution in [0.25, 0.3) is 11.6 Å². The van der Waals surface area contributed by atoms with Gasteiger partial charge in [0.1, 0.15) is 12.4 Å². The molecule has 3 aromatic carbocycles. The minimum atomic E-state index is -0.439. The van der Waals surface area contributed by atoms with Gasteiger partial charge in [-0.05, 0) is 60.9 Å². The van der Waals surface area contributed by atoms with Gasteiger partial charge in [0.05, 0.1) is 18.2 Å². The molecule has 3 rings (SSSR count). The highest BCUT2D eigenvalue weighted by atomic mass is 79.9. The summed E-state index contributed by atoms with van der Waals surface area (Å²) >= 11 is 3.44. The Morgan fingerprint density at radius 2 is 1.88 bits per heavy atom. The molecule has 0 fully saturated rings. The second-order valence-corrected chi connectivity index (χ2v) is 7.91. The maximum atomic E-state index is 14.2. The first kappa shape index (κ1) is 23.3. The summed E-state index contributed by atoms with van der Waals surface area (Å²) in [6, 6.07) is 20.0. The van der Waals surface area contributed by atoms with E-state index >= 15 is 0 Å². The second-order valence-electron chi connectivity index (χ2n) is 7.00. The zero-order valence-corrected chi connectivity index (χ0v) is 19.4. The first-order valence-electron chi connectivity index (χ1n) is 10.2. The number of ether oxygens (including phenoxy) is 2. The van der Waals surface area contributed by atoms with Crippen molar-refractivity contribution in [2.24, 2.45) is 0 Å². The molecule has 32 heavy (non-hydrogen) atoms. The van der Waals surface area contributed by atoms with Crippen LogP contribution in [0.4, 0.5) is 4.39 Å². The van der Waals surface area contributed by atoms with Crippen LogP contribution in [0.15, 0.2) is 77.8 Å². The van der Waals surface area contributed by atoms with Crippen molar-refractivity contribution in [2.75, 3.05) is 6.61 Å². The molecule has 0 spiro atoms. The number of hydrogen-bond acceptors (Lipinski definition) is 3. The third kappa shape index (κ3) is 5.87. The van der Waals surface area contributed by atoms with E-state index in [0.717, 1.165) is 21.2 Å². The fourth-order valence-electron chi connectivity index (χ4n) is 3.25. The van der Waals surface area contributed by atoms with E-state index < -0.39 is 5.82 Å². The second kappa shape index (κ2) is 11.3. The van der Waals surface area contributed by atoms with Crippen LogP contribution >= 0.6 is 15.9 Å². The third-order valence-electron chi connectivity index (χ3n) is 4.71. The number of halogens is 2. The highest BCUT2D eigenvalue weighted by molar-refractivity contribution is 9.10. The summed E-state index contributed by atoms with van der Waals surface area (Å²) in [6.07, 6.45) is 4.00. The Bertz CT molecular complexity index is 1160. The lowest BCUT2D eigenvalue weighted by atomic mass is 10.0. The van der Waals surface area contributed by atoms with Crippen molar-refractivity contribution in [1.82, 2.24) is 0 Å². The van der Waals surface area contributed by atoms with Gasteiger partial charge in [-0.25, -0.2) is 4.39 Å². The molecule has 0 amide bonds. The van der Waals surface area contributed by atoms with Crippen molar-refractivity contribution in [3.63, 3.8) is 0 Å². The molecular weight excluding hydrogens is 469 g/mol. The van der Waals surface area contributed by atoms with Gasteiger partial charge >= 0.3 is 0 Å². The number of hydrogen-bond donors (Lipinski definition) is 0. The highest BCUT2D eigenvalue weighted by Crippen LogP contribution is 2.36. The molecule has 0 saturated carbocycles. The summed E-state index contributed by atoms with van der Waals surface area (Å²) in [5.41, 5.74) is 3.11. The largest absolute Gasteiger partial charge is 0.490 e. The van der Waals surface area contributed by atoms with Gasteiger partial charge < -0.3 is 9.47 Å². The summed E-state index contributed by atoms with van der Waals surface area (Å²) in [5, 5.41) is 9.63. The molecule has 0 unspecified atom stereocenters. The van der Waals surface area contributed by atoms with Crippen molar-refractivity contribution in [1.29, 1.82) is 5.26 Å². The van der Waals surface area contributed by atoms with E-state index in [-0.39, 0.29) is 11.1 Å². The molecule has 162 valence electrons. The van der Waals surface area contributed by atoms with Crippen molar-refractivity contribution >= 4 is 27.6 Å². The molecule has 0 N–H and O–H groups in total. The molecule has 0 heterocycles. The van der Waals surface area contributed by atoms with Crippen LogP contribution in [0, 0.1) is 17.1 Å². The number of nitriles is 1. The van der Waals surface area contributed by atoms with E-state index in [2.05, 4.69) is 28.6 Å². The minimum absolute atomic E-state index is 0.235. The lowest BCUT2D eigenvalue weighted by Crippen LogP contribution is -2.03. The van der Waals surface area contributed by atoms with Crippen molar-refractivity contribution in [3.05, 3.63) is 106 Å². The van der Waals surface area contributed by atoms with Crippen molar-refractivity contribution < 1.29 is 13.9 Å². The fourth-order valence-corrected chi connectivity index (χ4v) is 3.52. The van der Waals surface area contributed by atoms with Crippen LogP contribution in [0.3, 0.4) is 0 Å². The normalized spacial score (nSPS) is 11.0. The zero-order chi connectivity index (χ0) is 22.9.